The first-order chi connectivity index (χ1) is 14.1. The summed E-state index contributed by atoms with van der Waals surface area (Å²) < 4.78 is 21.4. The highest BCUT2D eigenvalue weighted by molar-refractivity contribution is 6.06. The van der Waals surface area contributed by atoms with Crippen LogP contribution < -0.4 is 5.32 Å². The number of aliphatic hydroxyl groups is 1. The fourth-order valence-electron chi connectivity index (χ4n) is 3.09. The Hall–Kier alpha value is -3.60. The van der Waals surface area contributed by atoms with Gasteiger partial charge in [0.25, 0.3) is 5.91 Å². The number of fused-ring (bicyclic) bond motifs is 1. The van der Waals surface area contributed by atoms with Crippen LogP contribution in [0.2, 0.25) is 0 Å². The van der Waals surface area contributed by atoms with Gasteiger partial charge in [-0.05, 0) is 17.7 Å². The van der Waals surface area contributed by atoms with Gasteiger partial charge in [-0.25, -0.2) is 19.3 Å². The molecule has 1 fully saturated rings. The second kappa shape index (κ2) is 7.80. The number of alkyl halides is 1. The molecule has 11 nitrogen and oxygen atoms in total. The van der Waals surface area contributed by atoms with E-state index in [1.807, 2.05) is 0 Å². The predicted octanol–water partition coefficient (Wildman–Crippen LogP) is 1.99. The largest absolute Gasteiger partial charge is 0.387 e. The Morgan fingerprint density at radius 2 is 2.14 bits per heavy atom. The molecule has 1 aliphatic heterocycles. The van der Waals surface area contributed by atoms with Crippen molar-refractivity contribution in [1.82, 2.24) is 19.5 Å². The maximum Gasteiger partial charge on any atom is 0.256 e. The van der Waals surface area contributed by atoms with Gasteiger partial charge >= 0.3 is 0 Å². The molecule has 2 aromatic heterocycles. The van der Waals surface area contributed by atoms with Crippen LogP contribution in [-0.2, 0) is 4.74 Å². The Bertz CT molecular complexity index is 1080. The van der Waals surface area contributed by atoms with Crippen LogP contribution in [0.15, 0.2) is 48.1 Å². The molecule has 29 heavy (non-hydrogen) atoms. The van der Waals surface area contributed by atoms with Gasteiger partial charge in [0.15, 0.2) is 29.4 Å². The summed E-state index contributed by atoms with van der Waals surface area (Å²) in [5, 5.41) is 16.0. The molecule has 0 bridgehead atoms. The molecule has 1 aliphatic rings. The number of halogens is 1. The van der Waals surface area contributed by atoms with E-state index in [4.69, 9.17) is 10.3 Å². The van der Waals surface area contributed by atoms with Gasteiger partial charge in [-0.2, -0.15) is 0 Å². The number of ether oxygens (including phenoxy) is 1. The maximum atomic E-state index is 14.6. The Balaban J connectivity index is 1.62. The summed E-state index contributed by atoms with van der Waals surface area (Å²) in [6, 6.07) is 8.56. The number of amides is 1. The minimum atomic E-state index is -1.79. The molecule has 0 unspecified atom stereocenters. The topological polar surface area (TPSA) is 151 Å². The van der Waals surface area contributed by atoms with Crippen LogP contribution in [0.4, 0.5) is 10.2 Å². The van der Waals surface area contributed by atoms with Crippen molar-refractivity contribution in [1.29, 1.82) is 0 Å². The number of imidazole rings is 1. The van der Waals surface area contributed by atoms with E-state index in [1.165, 1.54) is 17.2 Å². The van der Waals surface area contributed by atoms with Crippen molar-refractivity contribution in [2.75, 3.05) is 11.9 Å². The molecule has 3 heterocycles. The number of anilines is 1. The second-order valence-electron chi connectivity index (χ2n) is 6.28. The Morgan fingerprint density at radius 1 is 1.34 bits per heavy atom. The van der Waals surface area contributed by atoms with Crippen LogP contribution in [0.1, 0.15) is 16.6 Å². The van der Waals surface area contributed by atoms with Crippen molar-refractivity contribution in [3.8, 4) is 0 Å². The lowest BCUT2D eigenvalue weighted by Crippen LogP contribution is -2.30. The molecule has 0 radical (unpaired) electrons. The number of azide groups is 1. The number of benzene rings is 1. The lowest BCUT2D eigenvalue weighted by atomic mass is 10.1. The number of nitrogens with zero attached hydrogens (tertiary/aromatic N) is 7. The molecule has 1 amide bonds. The first-order valence-corrected chi connectivity index (χ1v) is 8.62. The molecule has 0 spiro atoms. The standard InChI is InChI=1S/C17H15FN8O3/c18-11-13(27)10(6-23-25-19)29-17(11)26-8-22-12-14(20-7-21-15(12)26)24-16(28)9-4-2-1-3-5-9/h1-5,7-8,10-11,13,17,27H,6H2,(H,20,21,24,28)/t10-,11-,13-,17-/m1/s1. The fourth-order valence-corrected chi connectivity index (χ4v) is 3.09. The number of hydrogen-bond acceptors (Lipinski definition) is 7. The van der Waals surface area contributed by atoms with Crippen molar-refractivity contribution < 1.29 is 19.0 Å². The number of aliphatic hydroxyl groups excluding tert-OH is 1. The monoisotopic (exact) mass is 398 g/mol. The zero-order chi connectivity index (χ0) is 20.4. The minimum Gasteiger partial charge on any atom is -0.387 e. The molecule has 3 aromatic rings. The number of rotatable bonds is 5. The third-order valence-electron chi connectivity index (χ3n) is 4.52. The summed E-state index contributed by atoms with van der Waals surface area (Å²) >= 11 is 0. The molecule has 148 valence electrons. The van der Waals surface area contributed by atoms with Gasteiger partial charge in [-0.3, -0.25) is 9.36 Å². The molecule has 1 saturated heterocycles. The third kappa shape index (κ3) is 3.47. The molecule has 2 N–H and O–H groups in total. The van der Waals surface area contributed by atoms with Crippen LogP contribution in [0.25, 0.3) is 21.6 Å². The summed E-state index contributed by atoms with van der Waals surface area (Å²) in [6.07, 6.45) is -2.98. The summed E-state index contributed by atoms with van der Waals surface area (Å²) in [6.45, 7) is -0.214. The number of aromatic nitrogens is 4. The number of carbonyl (C=O) groups is 1. The smallest absolute Gasteiger partial charge is 0.256 e. The highest BCUT2D eigenvalue weighted by Crippen LogP contribution is 2.34. The Morgan fingerprint density at radius 3 is 2.90 bits per heavy atom. The lowest BCUT2D eigenvalue weighted by molar-refractivity contribution is -0.0179. The van der Waals surface area contributed by atoms with Gasteiger partial charge in [0.2, 0.25) is 0 Å². The molecule has 0 saturated carbocycles. The van der Waals surface area contributed by atoms with Crippen LogP contribution >= 0.6 is 0 Å². The number of hydrogen-bond donors (Lipinski definition) is 2. The van der Waals surface area contributed by atoms with E-state index in [2.05, 4.69) is 30.3 Å². The average Bonchev–Trinajstić information content (AvgIpc) is 3.29. The van der Waals surface area contributed by atoms with Gasteiger partial charge in [-0.1, -0.05) is 23.3 Å². The second-order valence-corrected chi connectivity index (χ2v) is 6.28. The summed E-state index contributed by atoms with van der Waals surface area (Å²) in [7, 11) is 0. The molecule has 12 heteroatoms. The van der Waals surface area contributed by atoms with E-state index < -0.39 is 24.6 Å². The van der Waals surface area contributed by atoms with Crippen LogP contribution in [0.5, 0.6) is 0 Å². The fraction of sp³-hybridized carbons (Fsp3) is 0.294. The molecular weight excluding hydrogens is 383 g/mol. The van der Waals surface area contributed by atoms with E-state index in [0.717, 1.165) is 0 Å². The molecular formula is C17H15FN8O3. The molecule has 4 rings (SSSR count). The maximum absolute atomic E-state index is 14.6. The average molecular weight is 398 g/mol. The van der Waals surface area contributed by atoms with Gasteiger partial charge in [0, 0.05) is 10.5 Å². The van der Waals surface area contributed by atoms with Gasteiger partial charge in [0.05, 0.1) is 19.0 Å². The Labute approximate surface area is 162 Å². The molecule has 4 atom stereocenters. The highest BCUT2D eigenvalue weighted by Gasteiger charge is 2.45. The number of carbonyl (C=O) groups excluding carboxylic acids is 1. The van der Waals surface area contributed by atoms with E-state index in [-0.39, 0.29) is 29.4 Å². The first-order valence-electron chi connectivity index (χ1n) is 8.62. The van der Waals surface area contributed by atoms with E-state index in [0.29, 0.717) is 5.56 Å². The summed E-state index contributed by atoms with van der Waals surface area (Å²) in [5.41, 5.74) is 9.30. The van der Waals surface area contributed by atoms with Crippen molar-refractivity contribution in [3.63, 3.8) is 0 Å². The van der Waals surface area contributed by atoms with Gasteiger partial charge in [0.1, 0.15) is 12.4 Å². The lowest BCUT2D eigenvalue weighted by Gasteiger charge is -2.15. The summed E-state index contributed by atoms with van der Waals surface area (Å²) in [4.78, 5) is 27.3. The highest BCUT2D eigenvalue weighted by atomic mass is 19.1. The van der Waals surface area contributed by atoms with Gasteiger partial charge in [-0.15, -0.1) is 0 Å². The zero-order valence-corrected chi connectivity index (χ0v) is 14.8. The SMILES string of the molecule is [N-]=[N+]=NC[C@H]1O[C@@H](n2cnc3c(NC(=O)c4ccccc4)ncnc32)[C@H](F)[C@@H]1O. The Kier molecular flexibility index (Phi) is 5.04. The third-order valence-corrected chi connectivity index (χ3v) is 4.52. The zero-order valence-electron chi connectivity index (χ0n) is 14.8. The minimum absolute atomic E-state index is 0.155. The molecule has 0 aliphatic carbocycles. The quantitative estimate of drug-likeness (QED) is 0.381. The molecule has 1 aromatic carbocycles. The summed E-state index contributed by atoms with van der Waals surface area (Å²) in [5.74, 6) is -0.229. The van der Waals surface area contributed by atoms with Gasteiger partial charge < -0.3 is 15.2 Å². The van der Waals surface area contributed by atoms with Crippen LogP contribution in [-0.4, -0.2) is 55.5 Å². The van der Waals surface area contributed by atoms with Crippen molar-refractivity contribution in [2.45, 2.75) is 24.6 Å². The van der Waals surface area contributed by atoms with E-state index in [9.17, 15) is 14.3 Å². The first kappa shape index (κ1) is 18.7. The van der Waals surface area contributed by atoms with Crippen molar-refractivity contribution >= 4 is 22.9 Å². The predicted molar refractivity (Wildman–Crippen MR) is 98.5 cm³/mol. The van der Waals surface area contributed by atoms with Crippen molar-refractivity contribution in [2.24, 2.45) is 5.11 Å². The van der Waals surface area contributed by atoms with Crippen molar-refractivity contribution in [3.05, 3.63) is 59.0 Å². The van der Waals surface area contributed by atoms with Crippen LogP contribution in [0, 0.1) is 0 Å². The normalized spacial score (nSPS) is 23.7. The number of nitrogens with one attached hydrogen (secondary N) is 1. The van der Waals surface area contributed by atoms with E-state index in [1.54, 1.807) is 30.3 Å². The van der Waals surface area contributed by atoms with Crippen LogP contribution in [0.3, 0.4) is 0 Å². The van der Waals surface area contributed by atoms with E-state index >= 15 is 0 Å².